The van der Waals surface area contributed by atoms with Crippen molar-refractivity contribution in [2.75, 3.05) is 18.4 Å². The second-order valence-electron chi connectivity index (χ2n) is 6.16. The van der Waals surface area contributed by atoms with Crippen molar-refractivity contribution in [1.29, 1.82) is 0 Å². The highest BCUT2D eigenvalue weighted by Crippen LogP contribution is 2.29. The van der Waals surface area contributed by atoms with Crippen molar-refractivity contribution in [1.82, 2.24) is 9.88 Å². The molecule has 0 bridgehead atoms. The molecule has 0 unspecified atom stereocenters. The smallest absolute Gasteiger partial charge is 0.263 e. The van der Waals surface area contributed by atoms with Gasteiger partial charge in [0, 0.05) is 24.0 Å². The third-order valence-electron chi connectivity index (χ3n) is 4.47. The Morgan fingerprint density at radius 1 is 1.23 bits per heavy atom. The van der Waals surface area contributed by atoms with Gasteiger partial charge in [0.25, 0.3) is 5.91 Å². The normalized spacial score (nSPS) is 15.3. The van der Waals surface area contributed by atoms with Crippen LogP contribution in [-0.2, 0) is 4.79 Å². The van der Waals surface area contributed by atoms with Crippen molar-refractivity contribution in [3.8, 4) is 0 Å². The third kappa shape index (κ3) is 3.60. The summed E-state index contributed by atoms with van der Waals surface area (Å²) >= 11 is 8.86. The Kier molecular flexibility index (Phi) is 4.93. The maximum atomic E-state index is 12.5. The van der Waals surface area contributed by atoms with Crippen LogP contribution < -0.4 is 5.32 Å². The summed E-state index contributed by atoms with van der Waals surface area (Å²) in [6, 6.07) is 9.20. The van der Waals surface area contributed by atoms with Crippen molar-refractivity contribution in [2.45, 2.75) is 12.8 Å². The van der Waals surface area contributed by atoms with E-state index in [9.17, 15) is 9.59 Å². The summed E-state index contributed by atoms with van der Waals surface area (Å²) in [5.74, 6) is -0.0710. The van der Waals surface area contributed by atoms with Crippen LogP contribution in [0.2, 0.25) is 5.02 Å². The molecule has 1 aliphatic heterocycles. The first-order valence-electron chi connectivity index (χ1n) is 8.30. The highest BCUT2D eigenvalue weighted by Gasteiger charge is 2.28. The molecule has 2 amide bonds. The SMILES string of the molecule is O=C(Nc1nc2ccc(Cl)cc2s1)C1CCN(C(=O)c2cccs2)CC1. The maximum absolute atomic E-state index is 12.5. The van der Waals surface area contributed by atoms with E-state index in [1.807, 2.05) is 34.5 Å². The van der Waals surface area contributed by atoms with Gasteiger partial charge in [-0.3, -0.25) is 9.59 Å². The van der Waals surface area contributed by atoms with E-state index in [4.69, 9.17) is 11.6 Å². The second-order valence-corrected chi connectivity index (χ2v) is 8.58. The highest BCUT2D eigenvalue weighted by atomic mass is 35.5. The van der Waals surface area contributed by atoms with E-state index < -0.39 is 0 Å². The number of fused-ring (bicyclic) bond motifs is 1. The van der Waals surface area contributed by atoms with E-state index in [0.717, 1.165) is 15.1 Å². The van der Waals surface area contributed by atoms with E-state index in [1.54, 1.807) is 6.07 Å². The number of rotatable bonds is 3. The van der Waals surface area contributed by atoms with Crippen LogP contribution in [0.25, 0.3) is 10.2 Å². The highest BCUT2D eigenvalue weighted by molar-refractivity contribution is 7.22. The zero-order valence-corrected chi connectivity index (χ0v) is 16.2. The predicted molar refractivity (Wildman–Crippen MR) is 106 cm³/mol. The third-order valence-corrected chi connectivity index (χ3v) is 6.49. The van der Waals surface area contributed by atoms with Gasteiger partial charge in [-0.25, -0.2) is 4.98 Å². The number of nitrogens with zero attached hydrogens (tertiary/aromatic N) is 2. The average Bonchev–Trinajstić information content (AvgIpc) is 3.30. The van der Waals surface area contributed by atoms with Crippen molar-refractivity contribution in [2.24, 2.45) is 5.92 Å². The molecule has 3 heterocycles. The molecule has 1 aliphatic rings. The molecule has 0 aliphatic carbocycles. The van der Waals surface area contributed by atoms with Gasteiger partial charge in [0.2, 0.25) is 5.91 Å². The fraction of sp³-hybridized carbons (Fsp3) is 0.278. The lowest BCUT2D eigenvalue weighted by Crippen LogP contribution is -2.41. The fourth-order valence-electron chi connectivity index (χ4n) is 3.06. The fourth-order valence-corrected chi connectivity index (χ4v) is 4.90. The number of piperidine rings is 1. The molecule has 0 spiro atoms. The maximum Gasteiger partial charge on any atom is 0.263 e. The van der Waals surface area contributed by atoms with Gasteiger partial charge in [0.05, 0.1) is 15.1 Å². The summed E-state index contributed by atoms with van der Waals surface area (Å²) < 4.78 is 0.948. The van der Waals surface area contributed by atoms with Crippen LogP contribution in [0.1, 0.15) is 22.5 Å². The molecular weight excluding hydrogens is 390 g/mol. The summed E-state index contributed by atoms with van der Waals surface area (Å²) in [4.78, 5) is 31.9. The van der Waals surface area contributed by atoms with Crippen LogP contribution in [0.4, 0.5) is 5.13 Å². The number of hydrogen-bond acceptors (Lipinski definition) is 5. The Morgan fingerprint density at radius 2 is 2.04 bits per heavy atom. The van der Waals surface area contributed by atoms with Crippen molar-refractivity contribution >= 4 is 61.4 Å². The molecule has 26 heavy (non-hydrogen) atoms. The molecule has 0 saturated carbocycles. The number of anilines is 1. The van der Waals surface area contributed by atoms with Crippen molar-refractivity contribution < 1.29 is 9.59 Å². The van der Waals surface area contributed by atoms with Gasteiger partial charge in [0.1, 0.15) is 0 Å². The lowest BCUT2D eigenvalue weighted by Gasteiger charge is -2.30. The van der Waals surface area contributed by atoms with Crippen LogP contribution >= 0.6 is 34.3 Å². The standard InChI is InChI=1S/C18H16ClN3O2S2/c19-12-3-4-13-15(10-12)26-18(20-13)21-16(23)11-5-7-22(8-6-11)17(24)14-2-1-9-25-14/h1-4,9-11H,5-8H2,(H,20,21,23). The molecule has 1 N–H and O–H groups in total. The van der Waals surface area contributed by atoms with Crippen LogP contribution in [0.5, 0.6) is 0 Å². The summed E-state index contributed by atoms with van der Waals surface area (Å²) in [6.07, 6.45) is 1.33. The number of hydrogen-bond donors (Lipinski definition) is 1. The first kappa shape index (κ1) is 17.5. The van der Waals surface area contributed by atoms with Gasteiger partial charge in [-0.15, -0.1) is 11.3 Å². The van der Waals surface area contributed by atoms with Gasteiger partial charge in [-0.1, -0.05) is 29.0 Å². The number of benzene rings is 1. The monoisotopic (exact) mass is 405 g/mol. The van der Waals surface area contributed by atoms with E-state index in [2.05, 4.69) is 10.3 Å². The summed E-state index contributed by atoms with van der Waals surface area (Å²) in [5, 5.41) is 6.06. The molecule has 1 saturated heterocycles. The number of aromatic nitrogens is 1. The Labute approximate surface area is 163 Å². The van der Waals surface area contributed by atoms with Gasteiger partial charge >= 0.3 is 0 Å². The predicted octanol–water partition coefficient (Wildman–Crippen LogP) is 4.50. The zero-order valence-electron chi connectivity index (χ0n) is 13.8. The molecule has 0 radical (unpaired) electrons. The van der Waals surface area contributed by atoms with Crippen LogP contribution in [0.3, 0.4) is 0 Å². The minimum absolute atomic E-state index is 0.0293. The average molecular weight is 406 g/mol. The molecule has 1 fully saturated rings. The molecule has 5 nitrogen and oxygen atoms in total. The first-order chi connectivity index (χ1) is 12.6. The van der Waals surface area contributed by atoms with Gasteiger partial charge < -0.3 is 10.2 Å². The molecular formula is C18H16ClN3O2S2. The van der Waals surface area contributed by atoms with E-state index in [1.165, 1.54) is 22.7 Å². The van der Waals surface area contributed by atoms with E-state index in [0.29, 0.717) is 36.1 Å². The second kappa shape index (κ2) is 7.34. The molecule has 0 atom stereocenters. The van der Waals surface area contributed by atoms with Crippen molar-refractivity contribution in [3.63, 3.8) is 0 Å². The van der Waals surface area contributed by atoms with Crippen LogP contribution in [0, 0.1) is 5.92 Å². The molecule has 8 heteroatoms. The number of thiophene rings is 1. The molecule has 1 aromatic carbocycles. The Bertz CT molecular complexity index is 947. The molecule has 2 aromatic heterocycles. The Hall–Kier alpha value is -1.96. The van der Waals surface area contributed by atoms with E-state index in [-0.39, 0.29) is 17.7 Å². The summed E-state index contributed by atoms with van der Waals surface area (Å²) in [7, 11) is 0. The van der Waals surface area contributed by atoms with E-state index >= 15 is 0 Å². The number of carbonyl (C=O) groups excluding carboxylic acids is 2. The molecule has 134 valence electrons. The number of halogens is 1. The first-order valence-corrected chi connectivity index (χ1v) is 10.4. The van der Waals surface area contributed by atoms with Gasteiger partial charge in [0.15, 0.2) is 5.13 Å². The van der Waals surface area contributed by atoms with Crippen molar-refractivity contribution in [3.05, 3.63) is 45.6 Å². The molecule has 4 rings (SSSR count). The topological polar surface area (TPSA) is 62.3 Å². The zero-order chi connectivity index (χ0) is 18.1. The van der Waals surface area contributed by atoms with Crippen LogP contribution in [-0.4, -0.2) is 34.8 Å². The lowest BCUT2D eigenvalue weighted by molar-refractivity contribution is -0.121. The minimum atomic E-state index is -0.0991. The molecule has 3 aromatic rings. The number of likely N-dealkylation sites (tertiary alicyclic amines) is 1. The van der Waals surface area contributed by atoms with Gasteiger partial charge in [-0.05, 0) is 42.5 Å². The largest absolute Gasteiger partial charge is 0.338 e. The number of amides is 2. The Morgan fingerprint density at radius 3 is 2.77 bits per heavy atom. The summed E-state index contributed by atoms with van der Waals surface area (Å²) in [5.41, 5.74) is 0.825. The summed E-state index contributed by atoms with van der Waals surface area (Å²) in [6.45, 7) is 1.20. The van der Waals surface area contributed by atoms with Gasteiger partial charge in [-0.2, -0.15) is 0 Å². The quantitative estimate of drug-likeness (QED) is 0.697. The minimum Gasteiger partial charge on any atom is -0.338 e. The number of thiazole rings is 1. The lowest BCUT2D eigenvalue weighted by atomic mass is 9.96. The number of nitrogens with one attached hydrogen (secondary N) is 1. The Balaban J connectivity index is 1.36. The number of carbonyl (C=O) groups is 2. The van der Waals surface area contributed by atoms with Crippen LogP contribution in [0.15, 0.2) is 35.7 Å².